The Balaban J connectivity index is 0.00000441. The summed E-state index contributed by atoms with van der Waals surface area (Å²) in [6, 6.07) is 0. The Bertz CT molecular complexity index is 359. The lowest BCUT2D eigenvalue weighted by Gasteiger charge is -2.33. The molecule has 0 spiro atoms. The zero-order valence-electron chi connectivity index (χ0n) is 13.5. The number of aliphatic imine (C=N–C) groups is 1. The average Bonchev–Trinajstić information content (AvgIpc) is 2.51. The van der Waals surface area contributed by atoms with Crippen LogP contribution in [0.25, 0.3) is 0 Å². The number of ether oxygens (including phenoxy) is 1. The summed E-state index contributed by atoms with van der Waals surface area (Å²) < 4.78 is 5.09. The van der Waals surface area contributed by atoms with Crippen molar-refractivity contribution in [3.63, 3.8) is 0 Å². The third-order valence-electron chi connectivity index (χ3n) is 3.39. The van der Waals surface area contributed by atoms with E-state index in [0.717, 1.165) is 49.9 Å². The van der Waals surface area contributed by atoms with Crippen molar-refractivity contribution < 1.29 is 9.53 Å². The van der Waals surface area contributed by atoms with Crippen LogP contribution in [0, 0.1) is 5.92 Å². The molecule has 0 saturated carbocycles. The van der Waals surface area contributed by atoms with E-state index in [1.54, 1.807) is 7.05 Å². The van der Waals surface area contributed by atoms with Crippen molar-refractivity contribution in [2.45, 2.75) is 19.8 Å². The molecule has 5 nitrogen and oxygen atoms in total. The van der Waals surface area contributed by atoms with Crippen LogP contribution in [-0.2, 0) is 9.53 Å². The van der Waals surface area contributed by atoms with E-state index in [9.17, 15) is 4.79 Å². The van der Waals surface area contributed by atoms with Gasteiger partial charge in [0, 0.05) is 38.2 Å². The van der Waals surface area contributed by atoms with Crippen LogP contribution >= 0.6 is 35.7 Å². The molecule has 0 amide bonds. The van der Waals surface area contributed by atoms with E-state index in [4.69, 9.17) is 4.74 Å². The average molecular weight is 441 g/mol. The molecule has 0 bridgehead atoms. The number of hydrogen-bond acceptors (Lipinski definition) is 4. The van der Waals surface area contributed by atoms with Gasteiger partial charge in [0.05, 0.1) is 12.5 Å². The fraction of sp³-hybridized carbons (Fsp3) is 0.733. The SMILES string of the molecule is C=CCSCCNC(=NC)N1CCC(C(=O)OCC)CC1.I. The van der Waals surface area contributed by atoms with Gasteiger partial charge < -0.3 is 15.0 Å². The molecule has 1 saturated heterocycles. The van der Waals surface area contributed by atoms with Gasteiger partial charge in [-0.1, -0.05) is 6.08 Å². The minimum absolute atomic E-state index is 0. The van der Waals surface area contributed by atoms with Gasteiger partial charge in [0.15, 0.2) is 5.96 Å². The first kappa shape index (κ1) is 21.6. The van der Waals surface area contributed by atoms with E-state index in [-0.39, 0.29) is 35.9 Å². The van der Waals surface area contributed by atoms with Crippen molar-refractivity contribution in [2.24, 2.45) is 10.9 Å². The van der Waals surface area contributed by atoms with E-state index >= 15 is 0 Å². The van der Waals surface area contributed by atoms with E-state index in [1.807, 2.05) is 24.8 Å². The number of likely N-dealkylation sites (tertiary alicyclic amines) is 1. The van der Waals surface area contributed by atoms with Gasteiger partial charge in [-0.3, -0.25) is 9.79 Å². The van der Waals surface area contributed by atoms with Gasteiger partial charge in [-0.25, -0.2) is 0 Å². The fourth-order valence-electron chi connectivity index (χ4n) is 2.32. The number of piperidine rings is 1. The molecule has 0 unspecified atom stereocenters. The third kappa shape index (κ3) is 7.71. The molecule has 22 heavy (non-hydrogen) atoms. The lowest BCUT2D eigenvalue weighted by atomic mass is 9.97. The van der Waals surface area contributed by atoms with Gasteiger partial charge in [0.25, 0.3) is 0 Å². The normalized spacial score (nSPS) is 15.9. The highest BCUT2D eigenvalue weighted by atomic mass is 127. The second-order valence-electron chi connectivity index (χ2n) is 4.85. The third-order valence-corrected chi connectivity index (χ3v) is 4.36. The second-order valence-corrected chi connectivity index (χ2v) is 6.00. The molecule has 7 heteroatoms. The lowest BCUT2D eigenvalue weighted by molar-refractivity contribution is -0.149. The first-order chi connectivity index (χ1) is 10.2. The number of rotatable bonds is 7. The smallest absolute Gasteiger partial charge is 0.309 e. The van der Waals surface area contributed by atoms with Crippen LogP contribution in [0.1, 0.15) is 19.8 Å². The maximum absolute atomic E-state index is 11.7. The molecular formula is C15H28IN3O2S. The topological polar surface area (TPSA) is 53.9 Å². The number of nitrogens with zero attached hydrogens (tertiary/aromatic N) is 2. The van der Waals surface area contributed by atoms with Gasteiger partial charge in [-0.2, -0.15) is 11.8 Å². The fourth-order valence-corrected chi connectivity index (χ4v) is 2.90. The number of thioether (sulfide) groups is 1. The largest absolute Gasteiger partial charge is 0.466 e. The number of carbonyl (C=O) groups excluding carboxylic acids is 1. The molecule has 1 heterocycles. The molecule has 128 valence electrons. The van der Waals surface area contributed by atoms with Crippen molar-refractivity contribution in [1.82, 2.24) is 10.2 Å². The molecule has 1 aliphatic rings. The number of esters is 1. The number of halogens is 1. The zero-order valence-corrected chi connectivity index (χ0v) is 16.7. The maximum Gasteiger partial charge on any atom is 0.309 e. The lowest BCUT2D eigenvalue weighted by Crippen LogP contribution is -2.47. The minimum atomic E-state index is -0.0547. The monoisotopic (exact) mass is 441 g/mol. The molecule has 1 aliphatic heterocycles. The Kier molecular flexibility index (Phi) is 12.8. The van der Waals surface area contributed by atoms with Crippen LogP contribution in [0.15, 0.2) is 17.6 Å². The summed E-state index contributed by atoms with van der Waals surface area (Å²) in [6.45, 7) is 8.61. The minimum Gasteiger partial charge on any atom is -0.466 e. The summed E-state index contributed by atoms with van der Waals surface area (Å²) in [4.78, 5) is 18.3. The van der Waals surface area contributed by atoms with E-state index in [0.29, 0.717) is 6.61 Å². The van der Waals surface area contributed by atoms with Crippen LogP contribution < -0.4 is 5.32 Å². The van der Waals surface area contributed by atoms with Crippen LogP contribution in [0.5, 0.6) is 0 Å². The Morgan fingerprint density at radius 2 is 2.18 bits per heavy atom. The van der Waals surface area contributed by atoms with Gasteiger partial charge in [0.1, 0.15) is 0 Å². The Morgan fingerprint density at radius 3 is 2.73 bits per heavy atom. The predicted molar refractivity (Wildman–Crippen MR) is 105 cm³/mol. The Labute approximate surface area is 155 Å². The summed E-state index contributed by atoms with van der Waals surface area (Å²) in [5, 5.41) is 3.37. The number of nitrogens with one attached hydrogen (secondary N) is 1. The molecular weight excluding hydrogens is 413 g/mol. The number of carbonyl (C=O) groups is 1. The van der Waals surface area contributed by atoms with E-state index in [1.165, 1.54) is 0 Å². The van der Waals surface area contributed by atoms with Crippen molar-refractivity contribution in [3.05, 3.63) is 12.7 Å². The molecule has 0 radical (unpaired) electrons. The van der Waals surface area contributed by atoms with Crippen LogP contribution in [0.2, 0.25) is 0 Å². The van der Waals surface area contributed by atoms with Crippen molar-refractivity contribution >= 4 is 47.7 Å². The molecule has 0 aromatic heterocycles. The Hall–Kier alpha value is -0.440. The highest BCUT2D eigenvalue weighted by molar-refractivity contribution is 14.0. The first-order valence-electron chi connectivity index (χ1n) is 7.53. The molecule has 1 N–H and O–H groups in total. The molecule has 1 rings (SSSR count). The van der Waals surface area contributed by atoms with Gasteiger partial charge >= 0.3 is 5.97 Å². The van der Waals surface area contributed by atoms with Crippen LogP contribution in [0.4, 0.5) is 0 Å². The summed E-state index contributed by atoms with van der Waals surface area (Å²) >= 11 is 1.85. The standard InChI is InChI=1S/C15H27N3O2S.HI/c1-4-11-21-12-8-17-15(16-3)18-9-6-13(7-10-18)14(19)20-5-2;/h4,13H,1,5-12H2,2-3H3,(H,16,17);1H. The van der Waals surface area contributed by atoms with Crippen LogP contribution in [-0.4, -0.2) is 61.6 Å². The highest BCUT2D eigenvalue weighted by Gasteiger charge is 2.27. The summed E-state index contributed by atoms with van der Waals surface area (Å²) in [5.74, 6) is 2.93. The van der Waals surface area contributed by atoms with Crippen molar-refractivity contribution in [2.75, 3.05) is 44.8 Å². The van der Waals surface area contributed by atoms with Crippen molar-refractivity contribution in [1.29, 1.82) is 0 Å². The second kappa shape index (κ2) is 13.0. The summed E-state index contributed by atoms with van der Waals surface area (Å²) in [6.07, 6.45) is 3.59. The van der Waals surface area contributed by atoms with E-state index < -0.39 is 0 Å². The van der Waals surface area contributed by atoms with E-state index in [2.05, 4.69) is 21.8 Å². The number of guanidine groups is 1. The van der Waals surface area contributed by atoms with Crippen molar-refractivity contribution in [3.8, 4) is 0 Å². The van der Waals surface area contributed by atoms with Gasteiger partial charge in [-0.15, -0.1) is 30.6 Å². The molecule has 0 atom stereocenters. The van der Waals surface area contributed by atoms with Gasteiger partial charge in [0.2, 0.25) is 0 Å². The Morgan fingerprint density at radius 1 is 1.50 bits per heavy atom. The first-order valence-corrected chi connectivity index (χ1v) is 8.69. The van der Waals surface area contributed by atoms with Gasteiger partial charge in [-0.05, 0) is 19.8 Å². The number of hydrogen-bond donors (Lipinski definition) is 1. The molecule has 1 fully saturated rings. The van der Waals surface area contributed by atoms with Crippen LogP contribution in [0.3, 0.4) is 0 Å². The quantitative estimate of drug-likeness (QED) is 0.164. The molecule has 0 aromatic carbocycles. The maximum atomic E-state index is 11.7. The summed E-state index contributed by atoms with van der Waals surface area (Å²) in [7, 11) is 1.80. The zero-order chi connectivity index (χ0) is 15.5. The predicted octanol–water partition coefficient (Wildman–Crippen LogP) is 2.37. The molecule has 0 aromatic rings. The molecule has 0 aliphatic carbocycles. The highest BCUT2D eigenvalue weighted by Crippen LogP contribution is 2.18. The summed E-state index contributed by atoms with van der Waals surface area (Å²) in [5.41, 5.74) is 0.